The van der Waals surface area contributed by atoms with Crippen molar-refractivity contribution in [1.29, 1.82) is 5.26 Å². The Bertz CT molecular complexity index is 901. The lowest BCUT2D eigenvalue weighted by Crippen LogP contribution is -2.30. The van der Waals surface area contributed by atoms with Gasteiger partial charge in [0.25, 0.3) is 5.91 Å². The minimum absolute atomic E-state index is 0.319. The average Bonchev–Trinajstić information content (AvgIpc) is 3.11. The molecule has 7 heteroatoms. The van der Waals surface area contributed by atoms with Gasteiger partial charge in [0.15, 0.2) is 11.9 Å². The fraction of sp³-hybridized carbons (Fsp3) is 0.111. The highest BCUT2D eigenvalue weighted by Crippen LogP contribution is 2.21. The smallest absolute Gasteiger partial charge is 0.266 e. The summed E-state index contributed by atoms with van der Waals surface area (Å²) in [6, 6.07) is 18.1. The molecular weight excluding hydrogens is 336 g/mol. The molecule has 0 unspecified atom stereocenters. The topological polar surface area (TPSA) is 87.9 Å². The number of benzene rings is 2. The SMILES string of the molecule is C[C@H](Oc1ccc(C#N)cc1)C(=O)Nc1nc(-c2ccccc2)ns1. The Balaban J connectivity index is 1.61. The maximum absolute atomic E-state index is 12.2. The van der Waals surface area contributed by atoms with E-state index >= 15 is 0 Å². The molecule has 1 atom stereocenters. The predicted octanol–water partition coefficient (Wildman–Crippen LogP) is 3.48. The van der Waals surface area contributed by atoms with Gasteiger partial charge in [-0.3, -0.25) is 10.1 Å². The molecule has 0 aliphatic heterocycles. The van der Waals surface area contributed by atoms with Crippen LogP contribution in [0.15, 0.2) is 54.6 Å². The molecule has 2 aromatic carbocycles. The van der Waals surface area contributed by atoms with Gasteiger partial charge in [0, 0.05) is 17.1 Å². The van der Waals surface area contributed by atoms with Crippen LogP contribution in [0.2, 0.25) is 0 Å². The molecule has 124 valence electrons. The van der Waals surface area contributed by atoms with Gasteiger partial charge in [-0.15, -0.1) is 0 Å². The number of nitrogens with zero attached hydrogens (tertiary/aromatic N) is 3. The molecule has 1 aromatic heterocycles. The van der Waals surface area contributed by atoms with Crippen molar-refractivity contribution in [2.75, 3.05) is 5.32 Å². The Kier molecular flexibility index (Phi) is 5.02. The lowest BCUT2D eigenvalue weighted by molar-refractivity contribution is -0.122. The molecule has 1 amide bonds. The summed E-state index contributed by atoms with van der Waals surface area (Å²) >= 11 is 1.12. The van der Waals surface area contributed by atoms with Gasteiger partial charge in [-0.25, -0.2) is 0 Å². The third kappa shape index (κ3) is 4.19. The Morgan fingerprint density at radius 1 is 1.20 bits per heavy atom. The van der Waals surface area contributed by atoms with Crippen LogP contribution >= 0.6 is 11.5 Å². The van der Waals surface area contributed by atoms with Crippen molar-refractivity contribution in [3.8, 4) is 23.2 Å². The summed E-state index contributed by atoms with van der Waals surface area (Å²) in [5.74, 6) is 0.769. The molecule has 1 heterocycles. The average molecular weight is 350 g/mol. The highest BCUT2D eigenvalue weighted by Gasteiger charge is 2.17. The molecule has 0 aliphatic rings. The van der Waals surface area contributed by atoms with Gasteiger partial charge in [-0.1, -0.05) is 30.3 Å². The number of carbonyl (C=O) groups is 1. The molecule has 3 aromatic rings. The van der Waals surface area contributed by atoms with Crippen LogP contribution < -0.4 is 10.1 Å². The van der Waals surface area contributed by atoms with Crippen molar-refractivity contribution < 1.29 is 9.53 Å². The molecule has 0 saturated heterocycles. The summed E-state index contributed by atoms with van der Waals surface area (Å²) in [4.78, 5) is 16.6. The highest BCUT2D eigenvalue weighted by atomic mass is 32.1. The van der Waals surface area contributed by atoms with Gasteiger partial charge in [-0.2, -0.15) is 14.6 Å². The fourth-order valence-electron chi connectivity index (χ4n) is 2.05. The number of rotatable bonds is 5. The van der Waals surface area contributed by atoms with Crippen LogP contribution in [-0.2, 0) is 4.79 Å². The summed E-state index contributed by atoms with van der Waals surface area (Å²) < 4.78 is 9.82. The quantitative estimate of drug-likeness (QED) is 0.761. The van der Waals surface area contributed by atoms with Crippen LogP contribution in [0.5, 0.6) is 5.75 Å². The number of carbonyl (C=O) groups excluding carboxylic acids is 1. The third-order valence-electron chi connectivity index (χ3n) is 3.35. The Morgan fingerprint density at radius 2 is 1.92 bits per heavy atom. The Hall–Kier alpha value is -3.24. The summed E-state index contributed by atoms with van der Waals surface area (Å²) in [5.41, 5.74) is 1.42. The van der Waals surface area contributed by atoms with Gasteiger partial charge in [0.1, 0.15) is 5.75 Å². The van der Waals surface area contributed by atoms with Crippen molar-refractivity contribution in [2.24, 2.45) is 0 Å². The zero-order chi connectivity index (χ0) is 17.6. The van der Waals surface area contributed by atoms with E-state index in [1.165, 1.54) is 0 Å². The minimum Gasteiger partial charge on any atom is -0.481 e. The first-order chi connectivity index (χ1) is 12.2. The van der Waals surface area contributed by atoms with Gasteiger partial charge < -0.3 is 4.74 Å². The molecule has 0 fully saturated rings. The first-order valence-corrected chi connectivity index (χ1v) is 8.30. The maximum atomic E-state index is 12.2. The second-order valence-corrected chi connectivity index (χ2v) is 5.93. The van der Waals surface area contributed by atoms with Crippen LogP contribution in [0.3, 0.4) is 0 Å². The number of aromatic nitrogens is 2. The monoisotopic (exact) mass is 350 g/mol. The van der Waals surface area contributed by atoms with Crippen LogP contribution in [0.1, 0.15) is 12.5 Å². The normalized spacial score (nSPS) is 11.4. The highest BCUT2D eigenvalue weighted by molar-refractivity contribution is 7.10. The maximum Gasteiger partial charge on any atom is 0.266 e. The number of hydrogen-bond acceptors (Lipinski definition) is 6. The number of hydrogen-bond donors (Lipinski definition) is 1. The number of ether oxygens (including phenoxy) is 1. The van der Waals surface area contributed by atoms with E-state index in [2.05, 4.69) is 14.7 Å². The molecule has 0 aliphatic carbocycles. The van der Waals surface area contributed by atoms with Crippen molar-refractivity contribution >= 4 is 22.6 Å². The first-order valence-electron chi connectivity index (χ1n) is 7.52. The zero-order valence-corrected chi connectivity index (χ0v) is 14.2. The summed E-state index contributed by atoms with van der Waals surface area (Å²) in [6.45, 7) is 1.65. The van der Waals surface area contributed by atoms with Crippen molar-refractivity contribution in [1.82, 2.24) is 9.36 Å². The number of amides is 1. The molecule has 3 rings (SSSR count). The van der Waals surface area contributed by atoms with Gasteiger partial charge in [0.2, 0.25) is 5.13 Å². The van der Waals surface area contributed by atoms with E-state index in [1.807, 2.05) is 36.4 Å². The first kappa shape index (κ1) is 16.6. The van der Waals surface area contributed by atoms with Crippen LogP contribution in [0.25, 0.3) is 11.4 Å². The molecule has 0 radical (unpaired) electrons. The van der Waals surface area contributed by atoms with E-state index < -0.39 is 6.10 Å². The Morgan fingerprint density at radius 3 is 2.60 bits per heavy atom. The van der Waals surface area contributed by atoms with E-state index in [0.29, 0.717) is 22.3 Å². The molecular formula is C18H14N4O2S. The minimum atomic E-state index is -0.711. The zero-order valence-electron chi connectivity index (χ0n) is 13.3. The van der Waals surface area contributed by atoms with E-state index in [4.69, 9.17) is 10.00 Å². The van der Waals surface area contributed by atoms with E-state index in [0.717, 1.165) is 17.1 Å². The van der Waals surface area contributed by atoms with Crippen LogP contribution in [0.4, 0.5) is 5.13 Å². The molecule has 0 saturated carbocycles. The fourth-order valence-corrected chi connectivity index (χ4v) is 2.64. The summed E-state index contributed by atoms with van der Waals surface area (Å²) in [7, 11) is 0. The molecule has 25 heavy (non-hydrogen) atoms. The van der Waals surface area contributed by atoms with E-state index in [1.54, 1.807) is 31.2 Å². The van der Waals surface area contributed by atoms with Gasteiger partial charge >= 0.3 is 0 Å². The molecule has 0 spiro atoms. The standard InChI is InChI=1S/C18H14N4O2S/c1-12(24-15-9-7-13(11-19)8-10-15)17(23)21-18-20-16(22-25-18)14-5-3-2-4-6-14/h2-10,12H,1H3,(H,20,21,22,23)/t12-/m0/s1. The second kappa shape index (κ2) is 7.55. The summed E-state index contributed by atoms with van der Waals surface area (Å²) in [6.07, 6.45) is -0.711. The van der Waals surface area contributed by atoms with E-state index in [9.17, 15) is 4.79 Å². The van der Waals surface area contributed by atoms with Crippen LogP contribution in [0, 0.1) is 11.3 Å². The predicted molar refractivity (Wildman–Crippen MR) is 95.2 cm³/mol. The van der Waals surface area contributed by atoms with Gasteiger partial charge in [0.05, 0.1) is 11.6 Å². The molecule has 1 N–H and O–H groups in total. The largest absolute Gasteiger partial charge is 0.481 e. The van der Waals surface area contributed by atoms with E-state index in [-0.39, 0.29) is 5.91 Å². The number of nitrogens with one attached hydrogen (secondary N) is 1. The number of nitriles is 1. The number of anilines is 1. The van der Waals surface area contributed by atoms with Gasteiger partial charge in [-0.05, 0) is 31.2 Å². The molecule has 6 nitrogen and oxygen atoms in total. The lowest BCUT2D eigenvalue weighted by atomic mass is 10.2. The van der Waals surface area contributed by atoms with Crippen LogP contribution in [-0.4, -0.2) is 21.4 Å². The molecule has 0 bridgehead atoms. The Labute approximate surface area is 148 Å². The van der Waals surface area contributed by atoms with Crippen molar-refractivity contribution in [3.63, 3.8) is 0 Å². The summed E-state index contributed by atoms with van der Waals surface area (Å²) in [5, 5.41) is 11.9. The van der Waals surface area contributed by atoms with Crippen molar-refractivity contribution in [2.45, 2.75) is 13.0 Å². The second-order valence-electron chi connectivity index (χ2n) is 5.17. The third-order valence-corrected chi connectivity index (χ3v) is 3.98. The lowest BCUT2D eigenvalue weighted by Gasteiger charge is -2.13. The van der Waals surface area contributed by atoms with Crippen molar-refractivity contribution in [3.05, 3.63) is 60.2 Å².